The molecule has 4 nitrogen and oxygen atoms in total. The van der Waals surface area contributed by atoms with Crippen molar-refractivity contribution >= 4 is 17.7 Å². The molecule has 0 radical (unpaired) electrons. The molecule has 0 aliphatic heterocycles. The van der Waals surface area contributed by atoms with E-state index < -0.39 is 18.2 Å². The lowest BCUT2D eigenvalue weighted by Gasteiger charge is -2.30. The molecule has 0 unspecified atom stereocenters. The van der Waals surface area contributed by atoms with Gasteiger partial charge in [-0.05, 0) is 36.1 Å². The van der Waals surface area contributed by atoms with Crippen LogP contribution in [0.5, 0.6) is 0 Å². The summed E-state index contributed by atoms with van der Waals surface area (Å²) < 4.78 is 0. The summed E-state index contributed by atoms with van der Waals surface area (Å²) in [6.45, 7) is 0. The Hall–Kier alpha value is -1.26. The molecular formula is C11H12ClNO3. The fourth-order valence-electron chi connectivity index (χ4n) is 2.08. The summed E-state index contributed by atoms with van der Waals surface area (Å²) in [6, 6.07) is 4.73. The lowest BCUT2D eigenvalue weighted by Crippen LogP contribution is -2.38. The zero-order chi connectivity index (χ0) is 11.7. The highest BCUT2D eigenvalue weighted by Gasteiger charge is 2.29. The van der Waals surface area contributed by atoms with E-state index in [0.29, 0.717) is 11.4 Å². The van der Waals surface area contributed by atoms with Gasteiger partial charge in [-0.15, -0.1) is 0 Å². The summed E-state index contributed by atoms with van der Waals surface area (Å²) in [5.74, 6) is 0. The first-order valence-corrected chi connectivity index (χ1v) is 5.41. The summed E-state index contributed by atoms with van der Waals surface area (Å²) in [6.07, 6.45) is -0.552. The van der Waals surface area contributed by atoms with Crippen LogP contribution in [0.25, 0.3) is 0 Å². The van der Waals surface area contributed by atoms with E-state index in [2.05, 4.69) is 5.32 Å². The molecule has 0 bridgehead atoms. The van der Waals surface area contributed by atoms with Gasteiger partial charge in [-0.1, -0.05) is 17.7 Å². The smallest absolute Gasteiger partial charge is 0.405 e. The van der Waals surface area contributed by atoms with Crippen LogP contribution >= 0.6 is 11.6 Å². The third-order valence-electron chi connectivity index (χ3n) is 2.81. The average molecular weight is 242 g/mol. The van der Waals surface area contributed by atoms with Crippen LogP contribution in [0.4, 0.5) is 4.79 Å². The molecule has 1 aliphatic rings. The van der Waals surface area contributed by atoms with Gasteiger partial charge >= 0.3 is 6.09 Å². The van der Waals surface area contributed by atoms with Crippen molar-refractivity contribution in [1.82, 2.24) is 5.32 Å². The zero-order valence-electron chi connectivity index (χ0n) is 8.48. The Morgan fingerprint density at radius 1 is 1.50 bits per heavy atom. The maximum Gasteiger partial charge on any atom is 0.405 e. The van der Waals surface area contributed by atoms with Crippen molar-refractivity contribution in [3.8, 4) is 0 Å². The Labute approximate surface area is 97.9 Å². The standard InChI is InChI=1S/C11H12ClNO3/c12-7-2-3-8-6(5-7)1-4-9(14)10(8)13-11(15)16/h2-3,5,9-10,13-14H,1,4H2,(H,15,16)/t9-,10+/m0/s1. The number of hydrogen-bond acceptors (Lipinski definition) is 2. The molecule has 3 N–H and O–H groups in total. The molecular weight excluding hydrogens is 230 g/mol. The molecule has 1 amide bonds. The minimum atomic E-state index is -1.13. The van der Waals surface area contributed by atoms with E-state index in [1.165, 1.54) is 0 Å². The Balaban J connectivity index is 2.36. The second kappa shape index (κ2) is 4.31. The van der Waals surface area contributed by atoms with Crippen molar-refractivity contribution in [2.24, 2.45) is 0 Å². The molecule has 16 heavy (non-hydrogen) atoms. The first-order chi connectivity index (χ1) is 7.58. The number of carbonyl (C=O) groups is 1. The van der Waals surface area contributed by atoms with Gasteiger partial charge in [0.15, 0.2) is 0 Å². The highest BCUT2D eigenvalue weighted by molar-refractivity contribution is 6.30. The highest BCUT2D eigenvalue weighted by atomic mass is 35.5. The molecule has 1 aliphatic carbocycles. The summed E-state index contributed by atoms with van der Waals surface area (Å²) in [7, 11) is 0. The second-order valence-corrected chi connectivity index (χ2v) is 4.31. The van der Waals surface area contributed by atoms with E-state index in [1.807, 2.05) is 6.07 Å². The van der Waals surface area contributed by atoms with Crippen LogP contribution in [0.3, 0.4) is 0 Å². The lowest BCUT2D eigenvalue weighted by molar-refractivity contribution is 0.105. The molecule has 2 atom stereocenters. The maximum atomic E-state index is 10.6. The molecule has 5 heteroatoms. The maximum absolute atomic E-state index is 10.6. The van der Waals surface area contributed by atoms with Gasteiger partial charge in [0.1, 0.15) is 0 Å². The molecule has 0 heterocycles. The third kappa shape index (κ3) is 2.13. The Morgan fingerprint density at radius 2 is 2.25 bits per heavy atom. The van der Waals surface area contributed by atoms with Gasteiger partial charge in [0.2, 0.25) is 0 Å². The molecule has 1 aromatic rings. The number of amides is 1. The van der Waals surface area contributed by atoms with Gasteiger partial charge in [0.05, 0.1) is 12.1 Å². The molecule has 0 saturated heterocycles. The first kappa shape index (κ1) is 11.2. The SMILES string of the molecule is O=C(O)N[C@@H]1c2ccc(Cl)cc2CC[C@@H]1O. The molecule has 0 saturated carbocycles. The molecule has 0 aromatic heterocycles. The van der Waals surface area contributed by atoms with Crippen LogP contribution in [-0.4, -0.2) is 22.4 Å². The van der Waals surface area contributed by atoms with Gasteiger partial charge in [-0.3, -0.25) is 0 Å². The molecule has 0 spiro atoms. The number of carboxylic acid groups (broad SMARTS) is 1. The molecule has 0 fully saturated rings. The minimum Gasteiger partial charge on any atom is -0.465 e. The predicted octanol–water partition coefficient (Wildman–Crippen LogP) is 1.96. The van der Waals surface area contributed by atoms with Crippen LogP contribution < -0.4 is 5.32 Å². The van der Waals surface area contributed by atoms with Crippen molar-refractivity contribution in [3.05, 3.63) is 34.3 Å². The summed E-state index contributed by atoms with van der Waals surface area (Å²) in [5.41, 5.74) is 1.81. The Bertz CT molecular complexity index is 422. The van der Waals surface area contributed by atoms with Crippen molar-refractivity contribution in [3.63, 3.8) is 0 Å². The molecule has 2 rings (SSSR count). The first-order valence-electron chi connectivity index (χ1n) is 5.04. The van der Waals surface area contributed by atoms with Gasteiger partial charge in [0.25, 0.3) is 0 Å². The number of fused-ring (bicyclic) bond motifs is 1. The van der Waals surface area contributed by atoms with E-state index in [-0.39, 0.29) is 0 Å². The number of halogens is 1. The van der Waals surface area contributed by atoms with E-state index in [4.69, 9.17) is 16.7 Å². The number of benzene rings is 1. The minimum absolute atomic E-state index is 0.540. The van der Waals surface area contributed by atoms with Gasteiger partial charge in [-0.25, -0.2) is 4.79 Å². The van der Waals surface area contributed by atoms with Crippen molar-refractivity contribution in [1.29, 1.82) is 0 Å². The summed E-state index contributed by atoms with van der Waals surface area (Å²) >= 11 is 5.87. The number of aliphatic hydroxyl groups excluding tert-OH is 1. The number of aryl methyl sites for hydroxylation is 1. The fraction of sp³-hybridized carbons (Fsp3) is 0.364. The number of aliphatic hydroxyl groups is 1. The van der Waals surface area contributed by atoms with Crippen LogP contribution in [0.2, 0.25) is 5.02 Å². The van der Waals surface area contributed by atoms with E-state index >= 15 is 0 Å². The van der Waals surface area contributed by atoms with Crippen LogP contribution in [0.1, 0.15) is 23.6 Å². The molecule has 1 aromatic carbocycles. The van der Waals surface area contributed by atoms with Crippen molar-refractivity contribution < 1.29 is 15.0 Å². The van der Waals surface area contributed by atoms with Crippen LogP contribution in [-0.2, 0) is 6.42 Å². The van der Waals surface area contributed by atoms with Gasteiger partial charge < -0.3 is 15.5 Å². The normalized spacial score (nSPS) is 23.6. The zero-order valence-corrected chi connectivity index (χ0v) is 9.24. The van der Waals surface area contributed by atoms with Gasteiger partial charge in [-0.2, -0.15) is 0 Å². The number of hydrogen-bond donors (Lipinski definition) is 3. The van der Waals surface area contributed by atoms with E-state index in [1.54, 1.807) is 12.1 Å². The van der Waals surface area contributed by atoms with Crippen molar-refractivity contribution in [2.45, 2.75) is 25.0 Å². The van der Waals surface area contributed by atoms with Gasteiger partial charge in [0, 0.05) is 5.02 Å². The summed E-state index contributed by atoms with van der Waals surface area (Å²) in [5, 5.41) is 21.5. The fourth-order valence-corrected chi connectivity index (χ4v) is 2.27. The van der Waals surface area contributed by atoms with Crippen molar-refractivity contribution in [2.75, 3.05) is 0 Å². The van der Waals surface area contributed by atoms with Crippen LogP contribution in [0, 0.1) is 0 Å². The largest absolute Gasteiger partial charge is 0.465 e. The van der Waals surface area contributed by atoms with E-state index in [9.17, 15) is 9.90 Å². The Kier molecular flexibility index (Phi) is 3.03. The average Bonchev–Trinajstić information content (AvgIpc) is 2.22. The van der Waals surface area contributed by atoms with Crippen LogP contribution in [0.15, 0.2) is 18.2 Å². The second-order valence-electron chi connectivity index (χ2n) is 3.88. The topological polar surface area (TPSA) is 69.6 Å². The predicted molar refractivity (Wildman–Crippen MR) is 59.7 cm³/mol. The summed E-state index contributed by atoms with van der Waals surface area (Å²) in [4.78, 5) is 10.6. The third-order valence-corrected chi connectivity index (χ3v) is 3.05. The highest BCUT2D eigenvalue weighted by Crippen LogP contribution is 2.31. The van der Waals surface area contributed by atoms with E-state index in [0.717, 1.165) is 17.5 Å². The monoisotopic (exact) mass is 241 g/mol. The number of rotatable bonds is 1. The quantitative estimate of drug-likeness (QED) is 0.704. The molecule has 86 valence electrons. The number of nitrogens with one attached hydrogen (secondary N) is 1. The Morgan fingerprint density at radius 3 is 2.94 bits per heavy atom. The lowest BCUT2D eigenvalue weighted by atomic mass is 9.86.